The van der Waals surface area contributed by atoms with Gasteiger partial charge in [-0.05, 0) is 12.5 Å². The third kappa shape index (κ3) is 3.53. The fourth-order valence-electron chi connectivity index (χ4n) is 1.66. The van der Waals surface area contributed by atoms with Crippen molar-refractivity contribution in [2.75, 3.05) is 24.3 Å². The Labute approximate surface area is 117 Å². The summed E-state index contributed by atoms with van der Waals surface area (Å²) in [4.78, 5) is 16.4. The van der Waals surface area contributed by atoms with Crippen molar-refractivity contribution in [3.63, 3.8) is 0 Å². The van der Waals surface area contributed by atoms with Gasteiger partial charge < -0.3 is 15.4 Å². The minimum atomic E-state index is 0.545. The van der Waals surface area contributed by atoms with E-state index in [0.717, 1.165) is 18.7 Å². The van der Waals surface area contributed by atoms with Gasteiger partial charge in [0.05, 0.1) is 19.3 Å². The molecule has 20 heavy (non-hydrogen) atoms. The largest absolute Gasteiger partial charge is 0.490 e. The Bertz CT molecular complexity index is 534. The van der Waals surface area contributed by atoms with Gasteiger partial charge in [-0.3, -0.25) is 0 Å². The highest BCUT2D eigenvalue weighted by Crippen LogP contribution is 2.28. The molecule has 0 unspecified atom stereocenters. The van der Waals surface area contributed by atoms with Crippen molar-refractivity contribution in [2.45, 2.75) is 19.9 Å². The smallest absolute Gasteiger partial charge is 0.204 e. The molecule has 2 heterocycles. The van der Waals surface area contributed by atoms with E-state index in [1.807, 2.05) is 6.07 Å². The zero-order chi connectivity index (χ0) is 14.2. The number of nitrogens with one attached hydrogen (secondary N) is 2. The number of hydrogen-bond donors (Lipinski definition) is 2. The van der Waals surface area contributed by atoms with Crippen molar-refractivity contribution in [2.24, 2.45) is 0 Å². The van der Waals surface area contributed by atoms with E-state index < -0.39 is 0 Å². The Morgan fingerprint density at radius 3 is 2.55 bits per heavy atom. The summed E-state index contributed by atoms with van der Waals surface area (Å²) in [6.07, 6.45) is 5.73. The van der Waals surface area contributed by atoms with E-state index in [9.17, 15) is 0 Å². The van der Waals surface area contributed by atoms with Crippen LogP contribution in [0.15, 0.2) is 24.9 Å². The van der Waals surface area contributed by atoms with Gasteiger partial charge in [0.2, 0.25) is 5.75 Å². The highest BCUT2D eigenvalue weighted by Gasteiger charge is 2.11. The zero-order valence-electron chi connectivity index (χ0n) is 11.6. The first kappa shape index (κ1) is 14.0. The maximum absolute atomic E-state index is 5.38. The third-order valence-corrected chi connectivity index (χ3v) is 2.63. The van der Waals surface area contributed by atoms with Crippen LogP contribution in [-0.4, -0.2) is 33.6 Å². The lowest BCUT2D eigenvalue weighted by Crippen LogP contribution is -2.09. The molecule has 0 aliphatic rings. The molecule has 0 radical (unpaired) electrons. The minimum Gasteiger partial charge on any atom is -0.490 e. The summed E-state index contributed by atoms with van der Waals surface area (Å²) in [5.74, 6) is 1.93. The van der Waals surface area contributed by atoms with Crippen molar-refractivity contribution in [3.05, 3.63) is 30.6 Å². The summed E-state index contributed by atoms with van der Waals surface area (Å²) in [6, 6.07) is 1.84. The van der Waals surface area contributed by atoms with Crippen LogP contribution in [0.2, 0.25) is 0 Å². The van der Waals surface area contributed by atoms with Crippen molar-refractivity contribution in [1.29, 1.82) is 0 Å². The second-order valence-electron chi connectivity index (χ2n) is 4.09. The average molecular weight is 274 g/mol. The van der Waals surface area contributed by atoms with Gasteiger partial charge in [-0.25, -0.2) is 19.9 Å². The second-order valence-corrected chi connectivity index (χ2v) is 4.09. The van der Waals surface area contributed by atoms with Crippen molar-refractivity contribution in [3.8, 4) is 5.75 Å². The van der Waals surface area contributed by atoms with Crippen LogP contribution in [0.3, 0.4) is 0 Å². The van der Waals surface area contributed by atoms with Gasteiger partial charge in [0.25, 0.3) is 0 Å². The lowest BCUT2D eigenvalue weighted by Gasteiger charge is -2.13. The molecule has 0 saturated carbocycles. The van der Waals surface area contributed by atoms with E-state index in [1.54, 1.807) is 13.3 Å². The number of anilines is 2. The molecule has 2 aromatic rings. The maximum atomic E-state index is 5.38. The van der Waals surface area contributed by atoms with Gasteiger partial charge >= 0.3 is 0 Å². The van der Waals surface area contributed by atoms with Crippen LogP contribution in [0.1, 0.15) is 19.0 Å². The molecule has 7 heteroatoms. The molecule has 0 spiro atoms. The molecule has 2 N–H and O–H groups in total. The molecule has 2 rings (SSSR count). The lowest BCUT2D eigenvalue weighted by atomic mass is 10.4. The molecule has 0 aliphatic heterocycles. The topological polar surface area (TPSA) is 84.9 Å². The number of ether oxygens (including phenoxy) is 1. The summed E-state index contributed by atoms with van der Waals surface area (Å²) in [5.41, 5.74) is 0.878. The van der Waals surface area contributed by atoms with Crippen LogP contribution in [0.4, 0.5) is 11.6 Å². The number of nitrogens with zero attached hydrogens (tertiary/aromatic N) is 4. The predicted octanol–water partition coefficient (Wildman–Crippen LogP) is 1.71. The van der Waals surface area contributed by atoms with Gasteiger partial charge in [-0.1, -0.05) is 6.92 Å². The summed E-state index contributed by atoms with van der Waals surface area (Å²) in [5, 5.41) is 6.40. The van der Waals surface area contributed by atoms with E-state index in [0.29, 0.717) is 23.9 Å². The first-order valence-corrected chi connectivity index (χ1v) is 6.46. The quantitative estimate of drug-likeness (QED) is 0.795. The Balaban J connectivity index is 2.10. The third-order valence-electron chi connectivity index (χ3n) is 2.63. The first-order valence-electron chi connectivity index (χ1n) is 6.46. The maximum Gasteiger partial charge on any atom is 0.204 e. The van der Waals surface area contributed by atoms with E-state index >= 15 is 0 Å². The molecule has 0 amide bonds. The van der Waals surface area contributed by atoms with Gasteiger partial charge in [-0.15, -0.1) is 0 Å². The Kier molecular flexibility index (Phi) is 5.05. The van der Waals surface area contributed by atoms with Crippen molar-refractivity contribution >= 4 is 11.6 Å². The second kappa shape index (κ2) is 7.22. The standard InChI is InChI=1S/C13H18N6O/c1-3-5-15-12-11(20-2)13(19-9-18-12)16-7-10-4-6-14-8-17-10/h4,6,8-9H,3,5,7H2,1-2H3,(H2,15,16,18,19). The number of methoxy groups -OCH3 is 1. The zero-order valence-corrected chi connectivity index (χ0v) is 11.6. The van der Waals surface area contributed by atoms with Gasteiger partial charge in [0.15, 0.2) is 11.6 Å². The Morgan fingerprint density at radius 2 is 1.90 bits per heavy atom. The van der Waals surface area contributed by atoms with Crippen LogP contribution in [0, 0.1) is 0 Å². The molecular weight excluding hydrogens is 256 g/mol. The highest BCUT2D eigenvalue weighted by molar-refractivity contribution is 5.63. The number of hydrogen-bond acceptors (Lipinski definition) is 7. The number of aromatic nitrogens is 4. The van der Waals surface area contributed by atoms with Gasteiger partial charge in [-0.2, -0.15) is 0 Å². The fourth-order valence-corrected chi connectivity index (χ4v) is 1.66. The summed E-state index contributed by atoms with van der Waals surface area (Å²) in [7, 11) is 1.60. The summed E-state index contributed by atoms with van der Waals surface area (Å²) >= 11 is 0. The molecule has 106 valence electrons. The normalized spacial score (nSPS) is 10.1. The Morgan fingerprint density at radius 1 is 1.10 bits per heavy atom. The molecule has 0 bridgehead atoms. The van der Waals surface area contributed by atoms with Crippen LogP contribution >= 0.6 is 0 Å². The number of rotatable bonds is 7. The lowest BCUT2D eigenvalue weighted by molar-refractivity contribution is 0.414. The van der Waals surface area contributed by atoms with Gasteiger partial charge in [0, 0.05) is 12.7 Å². The molecule has 0 aromatic carbocycles. The van der Waals surface area contributed by atoms with E-state index in [2.05, 4.69) is 37.5 Å². The van der Waals surface area contributed by atoms with Gasteiger partial charge in [0.1, 0.15) is 12.7 Å². The Hall–Kier alpha value is -2.44. The minimum absolute atomic E-state index is 0.545. The van der Waals surface area contributed by atoms with Crippen molar-refractivity contribution < 1.29 is 4.74 Å². The molecule has 0 atom stereocenters. The van der Waals surface area contributed by atoms with E-state index in [-0.39, 0.29) is 0 Å². The average Bonchev–Trinajstić information content (AvgIpc) is 2.51. The molecule has 7 nitrogen and oxygen atoms in total. The van der Waals surface area contributed by atoms with Crippen molar-refractivity contribution in [1.82, 2.24) is 19.9 Å². The van der Waals surface area contributed by atoms with Crippen LogP contribution < -0.4 is 15.4 Å². The fraction of sp³-hybridized carbons (Fsp3) is 0.385. The van der Waals surface area contributed by atoms with E-state index in [4.69, 9.17) is 4.74 Å². The molecular formula is C13H18N6O. The SMILES string of the molecule is CCCNc1ncnc(NCc2ccncn2)c1OC. The highest BCUT2D eigenvalue weighted by atomic mass is 16.5. The molecule has 2 aromatic heterocycles. The van der Waals surface area contributed by atoms with Crippen LogP contribution in [-0.2, 0) is 6.54 Å². The van der Waals surface area contributed by atoms with E-state index in [1.165, 1.54) is 12.7 Å². The summed E-state index contributed by atoms with van der Waals surface area (Å²) in [6.45, 7) is 3.47. The monoisotopic (exact) mass is 274 g/mol. The molecule has 0 fully saturated rings. The molecule has 0 saturated heterocycles. The first-order chi connectivity index (χ1) is 9.85. The summed E-state index contributed by atoms with van der Waals surface area (Å²) < 4.78 is 5.38. The van der Waals surface area contributed by atoms with Crippen LogP contribution in [0.25, 0.3) is 0 Å². The molecule has 0 aliphatic carbocycles. The van der Waals surface area contributed by atoms with Crippen LogP contribution in [0.5, 0.6) is 5.75 Å². The predicted molar refractivity (Wildman–Crippen MR) is 76.7 cm³/mol.